The van der Waals surface area contributed by atoms with Crippen LogP contribution in [0.3, 0.4) is 0 Å². The predicted molar refractivity (Wildman–Crippen MR) is 51.1 cm³/mol. The van der Waals surface area contributed by atoms with Gasteiger partial charge in [-0.15, -0.1) is 0 Å². The summed E-state index contributed by atoms with van der Waals surface area (Å²) in [4.78, 5) is 13.9. The minimum atomic E-state index is -0.463. The van der Waals surface area contributed by atoms with Gasteiger partial charge in [0, 0.05) is 13.1 Å². The molecule has 1 saturated carbocycles. The molecule has 1 aliphatic rings. The fourth-order valence-corrected chi connectivity index (χ4v) is 1.42. The van der Waals surface area contributed by atoms with Crippen LogP contribution >= 0.6 is 0 Å². The molecule has 1 fully saturated rings. The number of hydrogen-bond donors (Lipinski definition) is 1. The first-order valence-corrected chi connectivity index (χ1v) is 4.52. The van der Waals surface area contributed by atoms with E-state index in [0.29, 0.717) is 17.8 Å². The number of nitrogens with one attached hydrogen (secondary N) is 1. The van der Waals surface area contributed by atoms with Crippen molar-refractivity contribution in [2.75, 3.05) is 5.32 Å². The van der Waals surface area contributed by atoms with Gasteiger partial charge in [-0.05, 0) is 22.2 Å². The van der Waals surface area contributed by atoms with Gasteiger partial charge in [-0.1, -0.05) is 6.92 Å². The van der Waals surface area contributed by atoms with Gasteiger partial charge in [-0.3, -0.25) is 4.57 Å². The topological polar surface area (TPSA) is 73.0 Å². The molecule has 1 aromatic heterocycles. The van der Waals surface area contributed by atoms with Crippen molar-refractivity contribution < 1.29 is 4.92 Å². The molecule has 6 heteroatoms. The van der Waals surface area contributed by atoms with E-state index >= 15 is 0 Å². The molecule has 1 N–H and O–H groups in total. The van der Waals surface area contributed by atoms with Crippen LogP contribution in [0.2, 0.25) is 0 Å². The van der Waals surface area contributed by atoms with E-state index in [1.54, 1.807) is 11.6 Å². The monoisotopic (exact) mass is 196 g/mol. The zero-order chi connectivity index (χ0) is 10.3. The van der Waals surface area contributed by atoms with E-state index in [1.165, 1.54) is 6.33 Å². The number of imidazole rings is 1. The van der Waals surface area contributed by atoms with Gasteiger partial charge in [0.15, 0.2) is 0 Å². The molecule has 0 saturated heterocycles. The fourth-order valence-electron chi connectivity index (χ4n) is 1.42. The van der Waals surface area contributed by atoms with Crippen molar-refractivity contribution >= 4 is 11.6 Å². The Bertz CT molecular complexity index is 373. The molecule has 0 bridgehead atoms. The molecular formula is C8H12N4O2. The Hall–Kier alpha value is -1.59. The molecule has 6 nitrogen and oxygen atoms in total. The van der Waals surface area contributed by atoms with E-state index in [1.807, 2.05) is 0 Å². The van der Waals surface area contributed by atoms with Crippen molar-refractivity contribution in [1.29, 1.82) is 0 Å². The first kappa shape index (κ1) is 8.98. The lowest BCUT2D eigenvalue weighted by atomic mass is 10.4. The molecule has 0 radical (unpaired) electrons. The maximum Gasteiger partial charge on any atom is 0.406 e. The number of rotatable bonds is 3. The number of nitro groups is 1. The zero-order valence-corrected chi connectivity index (χ0v) is 8.10. The smallest absolute Gasteiger partial charge is 0.361 e. The van der Waals surface area contributed by atoms with Crippen molar-refractivity contribution in [3.8, 4) is 0 Å². The zero-order valence-electron chi connectivity index (χ0n) is 8.10. The molecule has 76 valence electrons. The quantitative estimate of drug-likeness (QED) is 0.581. The third-order valence-corrected chi connectivity index (χ3v) is 2.52. The summed E-state index contributed by atoms with van der Waals surface area (Å²) >= 11 is 0. The van der Waals surface area contributed by atoms with E-state index in [4.69, 9.17) is 0 Å². The summed E-state index contributed by atoms with van der Waals surface area (Å²) in [6.45, 7) is 2.11. The minimum absolute atomic E-state index is 0.0911. The number of nitrogens with zero attached hydrogens (tertiary/aromatic N) is 3. The maximum absolute atomic E-state index is 10.6. The highest BCUT2D eigenvalue weighted by atomic mass is 16.6. The highest BCUT2D eigenvalue weighted by Gasteiger charge is 2.35. The molecular weight excluding hydrogens is 184 g/mol. The largest absolute Gasteiger partial charge is 0.406 e. The molecule has 2 unspecified atom stereocenters. The molecule has 1 aromatic rings. The molecule has 1 heterocycles. The summed E-state index contributed by atoms with van der Waals surface area (Å²) in [5.41, 5.74) is 0. The molecule has 14 heavy (non-hydrogen) atoms. The van der Waals surface area contributed by atoms with Crippen LogP contribution in [0, 0.1) is 16.0 Å². The molecule has 0 spiro atoms. The average Bonchev–Trinajstić information content (AvgIpc) is 2.65. The van der Waals surface area contributed by atoms with Crippen molar-refractivity contribution in [2.24, 2.45) is 13.0 Å². The van der Waals surface area contributed by atoms with Crippen LogP contribution in [0.25, 0.3) is 0 Å². The van der Waals surface area contributed by atoms with E-state index in [-0.39, 0.29) is 5.82 Å². The number of aryl methyl sites for hydroxylation is 1. The third kappa shape index (κ3) is 1.43. The van der Waals surface area contributed by atoms with Crippen molar-refractivity contribution in [3.63, 3.8) is 0 Å². The van der Waals surface area contributed by atoms with Crippen LogP contribution < -0.4 is 5.32 Å². The lowest BCUT2D eigenvalue weighted by Gasteiger charge is -2.03. The Kier molecular flexibility index (Phi) is 1.90. The highest BCUT2D eigenvalue weighted by molar-refractivity contribution is 5.53. The van der Waals surface area contributed by atoms with Crippen LogP contribution in [0.5, 0.6) is 0 Å². The van der Waals surface area contributed by atoms with Gasteiger partial charge in [0.05, 0.1) is 0 Å². The molecule has 2 atom stereocenters. The highest BCUT2D eigenvalue weighted by Crippen LogP contribution is 2.34. The molecule has 0 aromatic carbocycles. The summed E-state index contributed by atoms with van der Waals surface area (Å²) < 4.78 is 1.64. The van der Waals surface area contributed by atoms with Gasteiger partial charge >= 0.3 is 5.82 Å². The molecule has 2 rings (SSSR count). The first-order chi connectivity index (χ1) is 6.59. The summed E-state index contributed by atoms with van der Waals surface area (Å²) in [5.74, 6) is 1.01. The SMILES string of the molecule is CC1CC1Nc1c([N+](=O)[O-])ncn1C. The van der Waals surface area contributed by atoms with E-state index in [9.17, 15) is 10.1 Å². The summed E-state index contributed by atoms with van der Waals surface area (Å²) in [5, 5.41) is 13.7. The van der Waals surface area contributed by atoms with Gasteiger partial charge in [0.2, 0.25) is 12.1 Å². The minimum Gasteiger partial charge on any atom is -0.361 e. The Morgan fingerprint density at radius 2 is 2.43 bits per heavy atom. The normalized spacial score (nSPS) is 24.7. The Balaban J connectivity index is 2.21. The standard InChI is InChI=1S/C8H12N4O2/c1-5-3-6(5)10-8-7(12(13)14)9-4-11(8)2/h4-6,10H,3H2,1-2H3. The van der Waals surface area contributed by atoms with Crippen LogP contribution in [0.1, 0.15) is 13.3 Å². The lowest BCUT2D eigenvalue weighted by Crippen LogP contribution is -2.08. The maximum atomic E-state index is 10.6. The number of anilines is 1. The van der Waals surface area contributed by atoms with Crippen LogP contribution in [-0.2, 0) is 7.05 Å². The van der Waals surface area contributed by atoms with Crippen molar-refractivity contribution in [1.82, 2.24) is 9.55 Å². The average molecular weight is 196 g/mol. The van der Waals surface area contributed by atoms with Crippen molar-refractivity contribution in [3.05, 3.63) is 16.4 Å². The van der Waals surface area contributed by atoms with Crippen molar-refractivity contribution in [2.45, 2.75) is 19.4 Å². The number of hydrogen-bond acceptors (Lipinski definition) is 4. The second-order valence-corrected chi connectivity index (χ2v) is 3.75. The molecule has 1 aliphatic carbocycles. The third-order valence-electron chi connectivity index (χ3n) is 2.52. The predicted octanol–water partition coefficient (Wildman–Crippen LogP) is 1.15. The first-order valence-electron chi connectivity index (χ1n) is 4.52. The van der Waals surface area contributed by atoms with E-state index in [0.717, 1.165) is 6.42 Å². The van der Waals surface area contributed by atoms with Crippen LogP contribution in [0.15, 0.2) is 6.33 Å². The summed E-state index contributed by atoms with van der Waals surface area (Å²) in [6.07, 6.45) is 2.52. The Morgan fingerprint density at radius 1 is 1.79 bits per heavy atom. The Labute approximate surface area is 81.1 Å². The molecule has 0 amide bonds. The van der Waals surface area contributed by atoms with Gasteiger partial charge in [-0.25, -0.2) is 0 Å². The number of aromatic nitrogens is 2. The van der Waals surface area contributed by atoms with Crippen LogP contribution in [-0.4, -0.2) is 20.5 Å². The summed E-state index contributed by atoms with van der Waals surface area (Å²) in [7, 11) is 1.75. The second-order valence-electron chi connectivity index (χ2n) is 3.75. The van der Waals surface area contributed by atoms with E-state index in [2.05, 4.69) is 17.2 Å². The molecule has 0 aliphatic heterocycles. The van der Waals surface area contributed by atoms with Gasteiger partial charge in [-0.2, -0.15) is 0 Å². The van der Waals surface area contributed by atoms with Crippen LogP contribution in [0.4, 0.5) is 11.6 Å². The van der Waals surface area contributed by atoms with Gasteiger partial charge in [0.25, 0.3) is 0 Å². The lowest BCUT2D eigenvalue weighted by molar-refractivity contribution is -0.388. The Morgan fingerprint density at radius 3 is 2.93 bits per heavy atom. The van der Waals surface area contributed by atoms with E-state index < -0.39 is 4.92 Å². The second kappa shape index (κ2) is 2.97. The summed E-state index contributed by atoms with van der Waals surface area (Å²) in [6, 6.07) is 0.365. The van der Waals surface area contributed by atoms with Gasteiger partial charge < -0.3 is 15.4 Å². The fraction of sp³-hybridized carbons (Fsp3) is 0.625. The van der Waals surface area contributed by atoms with Gasteiger partial charge in [0.1, 0.15) is 0 Å².